The van der Waals surface area contributed by atoms with Crippen LogP contribution < -0.4 is 11.3 Å². The van der Waals surface area contributed by atoms with Gasteiger partial charge in [-0.25, -0.2) is 18.8 Å². The van der Waals surface area contributed by atoms with E-state index < -0.39 is 83.1 Å². The van der Waals surface area contributed by atoms with Crippen LogP contribution in [0.15, 0.2) is 17.3 Å². The third kappa shape index (κ3) is 10.5. The number of aliphatic hydroxyl groups is 6. The van der Waals surface area contributed by atoms with Crippen molar-refractivity contribution in [2.75, 3.05) is 18.9 Å². The molecule has 24 nitrogen and oxygen atoms in total. The number of aromatic amines is 1. The number of phosphoric ester groups is 2. The van der Waals surface area contributed by atoms with Crippen LogP contribution in [0.3, 0.4) is 0 Å². The number of nitrogens with zero attached hydrogens (tertiary/aromatic N) is 6. The maximum Gasteiger partial charge on any atom is 0.483 e. The van der Waals surface area contributed by atoms with E-state index in [4.69, 9.17) is 29.4 Å². The Morgan fingerprint density at radius 3 is 2.28 bits per heavy atom. The lowest BCUT2D eigenvalue weighted by atomic mass is 9.99. The number of aliphatic hydroxyl groups excluding tert-OH is 6. The van der Waals surface area contributed by atoms with E-state index in [9.17, 15) is 49.2 Å². The number of nitrogens with two attached hydrogens (primary N) is 1. The zero-order valence-corrected chi connectivity index (χ0v) is 29.9. The fraction of sp³-hybridized carbons (Fsp3) is 0.741. The van der Waals surface area contributed by atoms with Gasteiger partial charge in [0.05, 0.1) is 25.2 Å². The maximum absolute atomic E-state index is 12.8. The molecule has 11 N–H and O–H groups in total. The number of nitrogen functional groups attached to an aromatic ring is 1. The number of nitrogens with one attached hydrogen (secondary N) is 1. The molecule has 2 aliphatic heterocycles. The Balaban J connectivity index is 1.12. The molecule has 0 aliphatic carbocycles. The predicted octanol–water partition coefficient (Wildman–Crippen LogP) is -2.06. The molecule has 0 amide bonds. The number of phosphoric acid groups is 2. The summed E-state index contributed by atoms with van der Waals surface area (Å²) >= 11 is 0. The molecule has 298 valence electrons. The van der Waals surface area contributed by atoms with E-state index in [1.54, 1.807) is 6.20 Å². The molecule has 53 heavy (non-hydrogen) atoms. The van der Waals surface area contributed by atoms with Crippen LogP contribution in [-0.4, -0.2) is 137 Å². The lowest BCUT2D eigenvalue weighted by Crippen LogP contribution is -2.58. The largest absolute Gasteiger partial charge is 0.483 e. The summed E-state index contributed by atoms with van der Waals surface area (Å²) in [6.07, 6.45) is -5.75. The first-order chi connectivity index (χ1) is 25.1. The summed E-state index contributed by atoms with van der Waals surface area (Å²) < 4.78 is 52.5. The van der Waals surface area contributed by atoms with E-state index >= 15 is 0 Å². The number of rotatable bonds is 19. The Morgan fingerprint density at radius 2 is 1.57 bits per heavy atom. The van der Waals surface area contributed by atoms with Crippen LogP contribution in [0.4, 0.5) is 5.95 Å². The molecule has 0 saturated carbocycles. The van der Waals surface area contributed by atoms with Crippen molar-refractivity contribution in [2.24, 2.45) is 0 Å². The molecule has 5 heterocycles. The second-order valence-electron chi connectivity index (χ2n) is 12.6. The number of H-pyrrole nitrogens is 1. The number of aromatic nitrogens is 7. The monoisotopic (exact) mass is 798 g/mol. The average molecular weight is 799 g/mol. The van der Waals surface area contributed by atoms with Crippen molar-refractivity contribution in [3.05, 3.63) is 28.6 Å². The van der Waals surface area contributed by atoms with Crippen molar-refractivity contribution in [3.8, 4) is 0 Å². The summed E-state index contributed by atoms with van der Waals surface area (Å²) in [5.41, 5.74) is 5.25. The molecule has 2 fully saturated rings. The topological polar surface area (TPSA) is 362 Å². The minimum absolute atomic E-state index is 0.111. The average Bonchev–Trinajstić information content (AvgIpc) is 3.79. The highest BCUT2D eigenvalue weighted by atomic mass is 31.3. The van der Waals surface area contributed by atoms with Crippen molar-refractivity contribution in [1.29, 1.82) is 0 Å². The van der Waals surface area contributed by atoms with Crippen LogP contribution in [0.25, 0.3) is 11.2 Å². The molecule has 2 aliphatic rings. The Labute approximate surface area is 300 Å². The zero-order chi connectivity index (χ0) is 38.5. The van der Waals surface area contributed by atoms with Gasteiger partial charge in [0, 0.05) is 12.8 Å². The molecule has 2 unspecified atom stereocenters. The smallest absolute Gasteiger partial charge is 0.396 e. The number of unbranched alkanes of at least 4 members (excludes halogenated alkanes) is 6. The molecule has 3 aromatic rings. The summed E-state index contributed by atoms with van der Waals surface area (Å²) in [6.45, 7) is -1.04. The second kappa shape index (κ2) is 17.8. The van der Waals surface area contributed by atoms with Gasteiger partial charge in [-0.1, -0.05) is 37.3 Å². The highest BCUT2D eigenvalue weighted by Gasteiger charge is 2.50. The summed E-state index contributed by atoms with van der Waals surface area (Å²) in [5, 5.41) is 69.3. The lowest BCUT2D eigenvalue weighted by Gasteiger charge is -2.40. The van der Waals surface area contributed by atoms with Crippen LogP contribution in [-0.2, 0) is 44.9 Å². The van der Waals surface area contributed by atoms with E-state index in [2.05, 4.69) is 29.6 Å². The minimum atomic E-state index is -5.65. The molecule has 2 saturated heterocycles. The number of fused-ring (bicyclic) bond motifs is 1. The first kappa shape index (κ1) is 41.4. The number of hydrogen-bond acceptors (Lipinski definition) is 19. The van der Waals surface area contributed by atoms with Gasteiger partial charge in [0.15, 0.2) is 23.7 Å². The molecule has 0 spiro atoms. The van der Waals surface area contributed by atoms with Crippen LogP contribution in [0.1, 0.15) is 56.9 Å². The summed E-state index contributed by atoms with van der Waals surface area (Å²) in [6, 6.07) is 0. The Morgan fingerprint density at radius 1 is 0.887 bits per heavy atom. The van der Waals surface area contributed by atoms with Crippen LogP contribution in [0, 0.1) is 0 Å². The summed E-state index contributed by atoms with van der Waals surface area (Å²) in [7, 11) is -11.2. The van der Waals surface area contributed by atoms with Gasteiger partial charge >= 0.3 is 15.6 Å². The van der Waals surface area contributed by atoms with Crippen molar-refractivity contribution in [3.63, 3.8) is 0 Å². The van der Waals surface area contributed by atoms with E-state index in [-0.39, 0.29) is 30.3 Å². The van der Waals surface area contributed by atoms with Gasteiger partial charge in [0.1, 0.15) is 42.7 Å². The first-order valence-corrected chi connectivity index (χ1v) is 19.7. The predicted molar refractivity (Wildman–Crippen MR) is 176 cm³/mol. The Hall–Kier alpha value is -2.77. The van der Waals surface area contributed by atoms with Crippen molar-refractivity contribution >= 4 is 32.8 Å². The number of imidazole rings is 1. The molecule has 11 atom stereocenters. The van der Waals surface area contributed by atoms with Gasteiger partial charge in [-0.2, -0.15) is 9.29 Å². The number of hydrogen-bond donors (Lipinski definition) is 10. The fourth-order valence-electron chi connectivity index (χ4n) is 5.88. The minimum Gasteiger partial charge on any atom is -0.396 e. The summed E-state index contributed by atoms with van der Waals surface area (Å²) in [4.78, 5) is 42.6. The van der Waals surface area contributed by atoms with Gasteiger partial charge in [0.2, 0.25) is 5.95 Å². The van der Waals surface area contributed by atoms with Crippen molar-refractivity contribution in [2.45, 2.75) is 113 Å². The second-order valence-corrected chi connectivity index (χ2v) is 15.6. The molecule has 0 radical (unpaired) electrons. The van der Waals surface area contributed by atoms with E-state index in [0.717, 1.165) is 55.8 Å². The molecule has 3 aromatic heterocycles. The fourth-order valence-corrected chi connectivity index (χ4v) is 8.04. The van der Waals surface area contributed by atoms with Gasteiger partial charge in [-0.15, -0.1) is 5.10 Å². The van der Waals surface area contributed by atoms with Gasteiger partial charge in [-0.3, -0.25) is 23.4 Å². The molecule has 26 heteroatoms. The van der Waals surface area contributed by atoms with Gasteiger partial charge < -0.3 is 55.6 Å². The quantitative estimate of drug-likeness (QED) is 0.0460. The Kier molecular flexibility index (Phi) is 13.9. The van der Waals surface area contributed by atoms with Crippen molar-refractivity contribution in [1.82, 2.24) is 34.5 Å². The van der Waals surface area contributed by atoms with Crippen molar-refractivity contribution < 1.29 is 72.4 Å². The number of aryl methyl sites for hydroxylation is 1. The van der Waals surface area contributed by atoms with Gasteiger partial charge in [-0.05, 0) is 19.3 Å². The number of anilines is 1. The van der Waals surface area contributed by atoms with E-state index in [1.807, 2.05) is 0 Å². The molecule has 0 aromatic carbocycles. The molecule has 0 bridgehead atoms. The molecule has 5 rings (SSSR count). The third-order valence-electron chi connectivity index (χ3n) is 8.62. The SMILES string of the molecule is Nc1nc2c(ncn2[C@@H]2O[C@H](COP(=O)(O)OP(=O)(O)O[C@H]3O[C@@H](Cn4cc(CCCCCCCCCO)nn4)[C@@H](O)[C@@H](O)[C@@H]3O)[C@@H](O)[C@H]2O)c(=O)[nH]1. The van der Waals surface area contributed by atoms with Gasteiger partial charge in [0.25, 0.3) is 5.56 Å². The first-order valence-electron chi connectivity index (χ1n) is 16.7. The normalized spacial score (nSPS) is 30.1. The molecular formula is C27H44N8O16P2. The maximum atomic E-state index is 12.8. The zero-order valence-electron chi connectivity index (χ0n) is 28.1. The third-order valence-corrected chi connectivity index (χ3v) is 11.2. The van der Waals surface area contributed by atoms with Crippen LogP contribution in [0.5, 0.6) is 0 Å². The van der Waals surface area contributed by atoms with E-state index in [0.29, 0.717) is 12.1 Å². The lowest BCUT2D eigenvalue weighted by molar-refractivity contribution is -0.278. The molecular weight excluding hydrogens is 754 g/mol. The standard InChI is InChI=1S/C27H44N8O16P2/c28-27-30-23-17(24(42)31-27)29-13-35(23)25-21(40)19(38)16(48-25)12-47-52(43,44)51-53(45,46)50-26-22(41)20(39)18(37)15(49-26)11-34-10-14(32-33-34)8-6-4-2-1-3-5-7-9-36/h10,13,15-16,18-22,25-26,36-41H,1-9,11-12H2,(H,43,44)(H,45,46)(H3,28,30,31,42)/t15-,16+,18+,19+,20+,21+,22-,25+,26+/m0/s1. The Bertz CT molecular complexity index is 1810. The highest BCUT2D eigenvalue weighted by Crippen LogP contribution is 2.61. The van der Waals surface area contributed by atoms with E-state index in [1.165, 1.54) is 4.68 Å². The van der Waals surface area contributed by atoms with Crippen LogP contribution in [0.2, 0.25) is 0 Å². The summed E-state index contributed by atoms with van der Waals surface area (Å²) in [5.74, 6) is -0.276. The van der Waals surface area contributed by atoms with Crippen LogP contribution >= 0.6 is 15.6 Å². The highest BCUT2D eigenvalue weighted by molar-refractivity contribution is 7.61. The number of ether oxygens (including phenoxy) is 2.